The average molecular weight is 499 g/mol. The molecule has 1 atom stereocenters. The molecule has 1 aliphatic heterocycles. The van der Waals surface area contributed by atoms with E-state index in [1.165, 1.54) is 6.07 Å². The Morgan fingerprint density at radius 1 is 1.09 bits per heavy atom. The first kappa shape index (κ1) is 23.7. The number of nitrogens with zero attached hydrogens (tertiary/aromatic N) is 4. The molecular weight excluding hydrogens is 473 g/mol. The molecule has 2 aromatic heterocycles. The van der Waals surface area contributed by atoms with E-state index in [-0.39, 0.29) is 12.6 Å². The lowest BCUT2D eigenvalue weighted by atomic mass is 10.1. The first-order valence-corrected chi connectivity index (χ1v) is 12.6. The highest BCUT2D eigenvalue weighted by atomic mass is 32.2. The van der Waals surface area contributed by atoms with Crippen LogP contribution in [-0.2, 0) is 6.18 Å². The highest BCUT2D eigenvalue weighted by molar-refractivity contribution is 7.98. The fourth-order valence-corrected chi connectivity index (χ4v) is 5.15. The monoisotopic (exact) mass is 498 g/mol. The molecule has 0 radical (unpaired) electrons. The van der Waals surface area contributed by atoms with Crippen molar-refractivity contribution in [2.45, 2.75) is 36.9 Å². The maximum absolute atomic E-state index is 13.5. The van der Waals surface area contributed by atoms with Gasteiger partial charge in [-0.2, -0.15) is 18.3 Å². The number of aliphatic hydroxyl groups excluding tert-OH is 1. The molecule has 1 saturated heterocycles. The summed E-state index contributed by atoms with van der Waals surface area (Å²) in [6.45, 7) is 2.60. The first-order chi connectivity index (χ1) is 16.8. The van der Waals surface area contributed by atoms with Gasteiger partial charge in [0.15, 0.2) is 5.65 Å². The van der Waals surface area contributed by atoms with Gasteiger partial charge in [-0.3, -0.25) is 0 Å². The number of aryl methyl sites for hydroxylation is 1. The Morgan fingerprint density at radius 3 is 2.54 bits per heavy atom. The van der Waals surface area contributed by atoms with Gasteiger partial charge < -0.3 is 10.0 Å². The van der Waals surface area contributed by atoms with Gasteiger partial charge in [0.05, 0.1) is 29.6 Å². The Balaban J connectivity index is 1.76. The van der Waals surface area contributed by atoms with E-state index >= 15 is 0 Å². The zero-order chi connectivity index (χ0) is 24.7. The maximum Gasteiger partial charge on any atom is 0.416 e. The summed E-state index contributed by atoms with van der Waals surface area (Å²) >= 11 is 1.65. The lowest BCUT2D eigenvalue weighted by molar-refractivity contribution is -0.137. The molecule has 35 heavy (non-hydrogen) atoms. The molecule has 5 rings (SSSR count). The minimum atomic E-state index is -4.45. The molecule has 5 nitrogen and oxygen atoms in total. The van der Waals surface area contributed by atoms with Gasteiger partial charge in [0.1, 0.15) is 5.82 Å². The van der Waals surface area contributed by atoms with Gasteiger partial charge in [0.2, 0.25) is 0 Å². The van der Waals surface area contributed by atoms with E-state index < -0.39 is 11.7 Å². The van der Waals surface area contributed by atoms with Crippen LogP contribution in [0.4, 0.5) is 19.0 Å². The van der Waals surface area contributed by atoms with E-state index in [0.717, 1.165) is 53.2 Å². The Labute approximate surface area is 205 Å². The second-order valence-electron chi connectivity index (χ2n) is 8.67. The van der Waals surface area contributed by atoms with Crippen LogP contribution >= 0.6 is 11.8 Å². The van der Waals surface area contributed by atoms with Gasteiger partial charge in [-0.05, 0) is 55.9 Å². The zero-order valence-corrected chi connectivity index (χ0v) is 20.2. The first-order valence-electron chi connectivity index (χ1n) is 11.4. The molecule has 2 aromatic carbocycles. The normalized spacial score (nSPS) is 16.4. The topological polar surface area (TPSA) is 53.7 Å². The maximum atomic E-state index is 13.5. The average Bonchev–Trinajstić information content (AvgIpc) is 3.46. The van der Waals surface area contributed by atoms with Gasteiger partial charge >= 0.3 is 6.18 Å². The number of thioether (sulfide) groups is 1. The summed E-state index contributed by atoms with van der Waals surface area (Å²) in [7, 11) is 0. The van der Waals surface area contributed by atoms with E-state index in [2.05, 4.69) is 0 Å². The van der Waals surface area contributed by atoms with E-state index in [9.17, 15) is 18.3 Å². The molecule has 0 spiro atoms. The minimum Gasteiger partial charge on any atom is -0.394 e. The van der Waals surface area contributed by atoms with E-state index in [0.29, 0.717) is 22.7 Å². The molecule has 1 aliphatic rings. The number of fused-ring (bicyclic) bond motifs is 1. The summed E-state index contributed by atoms with van der Waals surface area (Å²) in [5, 5.41) is 14.6. The van der Waals surface area contributed by atoms with Gasteiger partial charge in [-0.15, -0.1) is 11.8 Å². The van der Waals surface area contributed by atoms with Crippen LogP contribution in [0.15, 0.2) is 59.5 Å². The summed E-state index contributed by atoms with van der Waals surface area (Å²) in [5.74, 6) is 0.628. The Hall–Kier alpha value is -3.04. The molecular formula is C26H25F3N4OS. The van der Waals surface area contributed by atoms with E-state index in [4.69, 9.17) is 10.1 Å². The zero-order valence-electron chi connectivity index (χ0n) is 19.4. The number of benzene rings is 2. The van der Waals surface area contributed by atoms with Crippen LogP contribution in [0.1, 0.15) is 24.1 Å². The Morgan fingerprint density at radius 2 is 1.86 bits per heavy atom. The number of hydrogen-bond donors (Lipinski definition) is 1. The lowest BCUT2D eigenvalue weighted by Crippen LogP contribution is -2.32. The number of anilines is 1. The van der Waals surface area contributed by atoms with Gasteiger partial charge in [0.25, 0.3) is 0 Å². The summed E-state index contributed by atoms with van der Waals surface area (Å²) in [6.07, 6.45) is -0.688. The second kappa shape index (κ2) is 9.20. The van der Waals surface area contributed by atoms with Crippen molar-refractivity contribution >= 4 is 23.2 Å². The van der Waals surface area contributed by atoms with Crippen molar-refractivity contribution in [3.63, 3.8) is 0 Å². The number of aromatic nitrogens is 3. The molecule has 0 amide bonds. The third-order valence-electron chi connectivity index (χ3n) is 6.50. The number of aliphatic hydroxyl groups is 1. The van der Waals surface area contributed by atoms with Crippen molar-refractivity contribution < 1.29 is 18.3 Å². The standard InChI is InChI=1S/C26H25F3N4OS/c1-16-24(17-8-10-21(35-2)11-9-17)25-30-23(32-12-4-7-20(32)15-34)14-22(33(25)31-16)18-5-3-6-19(13-18)26(27,28)29/h3,5-6,8-11,13-14,20,34H,4,7,12,15H2,1-2H3. The molecule has 0 bridgehead atoms. The molecule has 0 saturated carbocycles. The highest BCUT2D eigenvalue weighted by Gasteiger charge is 2.31. The minimum absolute atomic E-state index is 0.00690. The fraction of sp³-hybridized carbons (Fsp3) is 0.308. The molecule has 4 aromatic rings. The van der Waals surface area contributed by atoms with Crippen molar-refractivity contribution in [2.24, 2.45) is 0 Å². The Kier molecular flexibility index (Phi) is 6.23. The smallest absolute Gasteiger partial charge is 0.394 e. The molecule has 0 aliphatic carbocycles. The van der Waals surface area contributed by atoms with Crippen molar-refractivity contribution in [2.75, 3.05) is 24.3 Å². The largest absolute Gasteiger partial charge is 0.416 e. The highest BCUT2D eigenvalue weighted by Crippen LogP contribution is 2.37. The number of rotatable bonds is 5. The number of hydrogen-bond acceptors (Lipinski definition) is 5. The summed E-state index contributed by atoms with van der Waals surface area (Å²) in [4.78, 5) is 8.11. The molecule has 3 heterocycles. The van der Waals surface area contributed by atoms with Crippen LogP contribution < -0.4 is 4.90 Å². The van der Waals surface area contributed by atoms with Crippen LogP contribution in [-0.4, -0.2) is 45.2 Å². The van der Waals surface area contributed by atoms with Gasteiger partial charge in [-0.1, -0.05) is 24.3 Å². The summed E-state index contributed by atoms with van der Waals surface area (Å²) in [6, 6.07) is 15.1. The van der Waals surface area contributed by atoms with Crippen molar-refractivity contribution in [3.05, 3.63) is 65.9 Å². The molecule has 9 heteroatoms. The molecule has 1 N–H and O–H groups in total. The third kappa shape index (κ3) is 4.38. The summed E-state index contributed by atoms with van der Waals surface area (Å²) in [5.41, 5.74) is 3.30. The quantitative estimate of drug-likeness (QED) is 0.338. The lowest BCUT2D eigenvalue weighted by Gasteiger charge is -2.25. The summed E-state index contributed by atoms with van der Waals surface area (Å²) < 4.78 is 42.1. The van der Waals surface area contributed by atoms with Gasteiger partial charge in [-0.25, -0.2) is 9.50 Å². The molecule has 1 unspecified atom stereocenters. The van der Waals surface area contributed by atoms with Crippen molar-refractivity contribution in [3.8, 4) is 22.4 Å². The number of halogens is 3. The van der Waals surface area contributed by atoms with Crippen LogP contribution in [0.25, 0.3) is 28.0 Å². The van der Waals surface area contributed by atoms with E-state index in [1.54, 1.807) is 28.4 Å². The van der Waals surface area contributed by atoms with Gasteiger partial charge in [0, 0.05) is 28.6 Å². The van der Waals surface area contributed by atoms with Crippen LogP contribution in [0.3, 0.4) is 0 Å². The van der Waals surface area contributed by atoms with Crippen LogP contribution in [0, 0.1) is 6.92 Å². The van der Waals surface area contributed by atoms with Crippen molar-refractivity contribution in [1.82, 2.24) is 14.6 Å². The molecule has 1 fully saturated rings. The van der Waals surface area contributed by atoms with Crippen molar-refractivity contribution in [1.29, 1.82) is 0 Å². The van der Waals surface area contributed by atoms with Crippen LogP contribution in [0.5, 0.6) is 0 Å². The SMILES string of the molecule is CSc1ccc(-c2c(C)nn3c(-c4cccc(C(F)(F)F)c4)cc(N4CCCC4CO)nc23)cc1. The van der Waals surface area contributed by atoms with Crippen LogP contribution in [0.2, 0.25) is 0 Å². The van der Waals surface area contributed by atoms with E-state index in [1.807, 2.05) is 42.3 Å². The second-order valence-corrected chi connectivity index (χ2v) is 9.55. The third-order valence-corrected chi connectivity index (χ3v) is 7.24. The predicted octanol–water partition coefficient (Wildman–Crippen LogP) is 6.07. The Bertz CT molecular complexity index is 1370. The predicted molar refractivity (Wildman–Crippen MR) is 133 cm³/mol. The molecule has 182 valence electrons. The fourth-order valence-electron chi connectivity index (χ4n) is 4.74. The number of alkyl halides is 3.